The van der Waals surface area contributed by atoms with Gasteiger partial charge in [-0.2, -0.15) is 4.98 Å². The van der Waals surface area contributed by atoms with E-state index in [0.29, 0.717) is 30.2 Å². The first-order valence-corrected chi connectivity index (χ1v) is 9.49. The Balaban J connectivity index is 1.43. The van der Waals surface area contributed by atoms with Crippen LogP contribution >= 0.6 is 0 Å². The van der Waals surface area contributed by atoms with Crippen LogP contribution in [0.5, 0.6) is 0 Å². The molecule has 8 heteroatoms. The minimum atomic E-state index is -0.819. The van der Waals surface area contributed by atoms with Crippen molar-refractivity contribution in [3.05, 3.63) is 47.1 Å². The predicted molar refractivity (Wildman–Crippen MR) is 95.4 cm³/mol. The molecule has 27 heavy (non-hydrogen) atoms. The average Bonchev–Trinajstić information content (AvgIpc) is 3.23. The fourth-order valence-electron chi connectivity index (χ4n) is 4.04. The molecule has 2 fully saturated rings. The third kappa shape index (κ3) is 4.02. The van der Waals surface area contributed by atoms with Gasteiger partial charge in [-0.25, -0.2) is 14.2 Å². The van der Waals surface area contributed by atoms with Crippen LogP contribution in [-0.4, -0.2) is 34.2 Å². The van der Waals surface area contributed by atoms with Gasteiger partial charge in [-0.3, -0.25) is 10.3 Å². The molecule has 6 nitrogen and oxygen atoms in total. The molecule has 1 aromatic heterocycles. The Hall–Kier alpha value is -1.90. The van der Waals surface area contributed by atoms with Crippen molar-refractivity contribution in [1.82, 2.24) is 25.9 Å². The first kappa shape index (κ1) is 18.5. The van der Waals surface area contributed by atoms with Crippen molar-refractivity contribution in [2.75, 3.05) is 13.1 Å². The predicted octanol–water partition coefficient (Wildman–Crippen LogP) is 2.59. The average molecular weight is 377 g/mol. The SMILES string of the molecule is CC(C)Cc1nc(CN2CCC3NNC(c4ccc(F)c(F)c4)C3C2)no1. The number of nitrogens with one attached hydrogen (secondary N) is 2. The van der Waals surface area contributed by atoms with Gasteiger partial charge < -0.3 is 4.52 Å². The zero-order chi connectivity index (χ0) is 19.0. The number of hydrazine groups is 1. The number of fused-ring (bicyclic) bond motifs is 1. The molecular formula is C19H25F2N5O. The molecule has 4 rings (SSSR count). The van der Waals surface area contributed by atoms with E-state index in [0.717, 1.165) is 31.5 Å². The monoisotopic (exact) mass is 377 g/mol. The summed E-state index contributed by atoms with van der Waals surface area (Å²) in [4.78, 5) is 6.78. The van der Waals surface area contributed by atoms with Crippen LogP contribution in [-0.2, 0) is 13.0 Å². The van der Waals surface area contributed by atoms with Gasteiger partial charge in [0.25, 0.3) is 0 Å². The smallest absolute Gasteiger partial charge is 0.226 e. The van der Waals surface area contributed by atoms with Gasteiger partial charge in [0.15, 0.2) is 17.5 Å². The van der Waals surface area contributed by atoms with Crippen LogP contribution in [0.1, 0.15) is 43.6 Å². The number of benzene rings is 1. The molecule has 1 aromatic carbocycles. The largest absolute Gasteiger partial charge is 0.339 e. The summed E-state index contributed by atoms with van der Waals surface area (Å²) >= 11 is 0. The lowest BCUT2D eigenvalue weighted by atomic mass is 9.85. The molecule has 2 N–H and O–H groups in total. The number of likely N-dealkylation sites (tertiary alicyclic amines) is 1. The Morgan fingerprint density at radius 2 is 2.11 bits per heavy atom. The summed E-state index contributed by atoms with van der Waals surface area (Å²) in [5.74, 6) is 0.481. The zero-order valence-corrected chi connectivity index (χ0v) is 15.6. The number of hydrogen-bond acceptors (Lipinski definition) is 6. The number of piperidine rings is 1. The Morgan fingerprint density at radius 3 is 2.89 bits per heavy atom. The van der Waals surface area contributed by atoms with Crippen molar-refractivity contribution in [2.45, 2.75) is 45.3 Å². The van der Waals surface area contributed by atoms with Crippen LogP contribution in [0.25, 0.3) is 0 Å². The van der Waals surface area contributed by atoms with Crippen LogP contribution in [0.4, 0.5) is 8.78 Å². The quantitative estimate of drug-likeness (QED) is 0.835. The maximum Gasteiger partial charge on any atom is 0.226 e. The molecule has 0 bridgehead atoms. The third-order valence-corrected chi connectivity index (χ3v) is 5.36. The standard InChI is InChI=1S/C19H25F2N5O/c1-11(2)7-18-22-17(25-27-18)10-26-6-5-16-13(9-26)19(24-23-16)12-3-4-14(20)15(21)8-12/h3-4,8,11,13,16,19,23-24H,5-7,9-10H2,1-2H3. The number of rotatable bonds is 5. The van der Waals surface area contributed by atoms with Gasteiger partial charge in [-0.15, -0.1) is 0 Å². The Labute approximate surface area is 157 Å². The second-order valence-corrected chi connectivity index (χ2v) is 7.94. The minimum absolute atomic E-state index is 0.0605. The van der Waals surface area contributed by atoms with Crippen molar-refractivity contribution in [3.8, 4) is 0 Å². The molecule has 2 saturated heterocycles. The fourth-order valence-corrected chi connectivity index (χ4v) is 4.04. The second kappa shape index (κ2) is 7.61. The summed E-state index contributed by atoms with van der Waals surface area (Å²) in [5.41, 5.74) is 7.32. The number of halogens is 2. The molecule has 2 aliphatic heterocycles. The molecule has 0 amide bonds. The van der Waals surface area contributed by atoms with Gasteiger partial charge in [0.2, 0.25) is 5.89 Å². The summed E-state index contributed by atoms with van der Waals surface area (Å²) in [6, 6.07) is 4.37. The van der Waals surface area contributed by atoms with E-state index >= 15 is 0 Å². The highest BCUT2D eigenvalue weighted by Gasteiger charge is 2.40. The van der Waals surface area contributed by atoms with E-state index in [-0.39, 0.29) is 12.0 Å². The molecule has 0 radical (unpaired) electrons. The summed E-state index contributed by atoms with van der Waals surface area (Å²) in [7, 11) is 0. The van der Waals surface area contributed by atoms with Gasteiger partial charge in [0.1, 0.15) is 0 Å². The molecule has 146 valence electrons. The Morgan fingerprint density at radius 1 is 1.26 bits per heavy atom. The van der Waals surface area contributed by atoms with Crippen LogP contribution in [0, 0.1) is 23.5 Å². The maximum atomic E-state index is 13.7. The first-order chi connectivity index (χ1) is 13.0. The summed E-state index contributed by atoms with van der Waals surface area (Å²) in [5, 5.41) is 4.10. The number of nitrogens with zero attached hydrogens (tertiary/aromatic N) is 3. The van der Waals surface area contributed by atoms with E-state index in [2.05, 4.69) is 39.7 Å². The van der Waals surface area contributed by atoms with Crippen LogP contribution in [0.15, 0.2) is 22.7 Å². The van der Waals surface area contributed by atoms with Crippen molar-refractivity contribution in [1.29, 1.82) is 0 Å². The molecule has 3 unspecified atom stereocenters. The lowest BCUT2D eigenvalue weighted by Crippen LogP contribution is -2.45. The van der Waals surface area contributed by atoms with E-state index in [9.17, 15) is 8.78 Å². The molecule has 3 atom stereocenters. The molecule has 0 aliphatic carbocycles. The van der Waals surface area contributed by atoms with Crippen LogP contribution in [0.3, 0.4) is 0 Å². The molecule has 3 heterocycles. The molecule has 0 spiro atoms. The lowest BCUT2D eigenvalue weighted by molar-refractivity contribution is 0.144. The highest BCUT2D eigenvalue weighted by molar-refractivity contribution is 5.24. The van der Waals surface area contributed by atoms with Gasteiger partial charge >= 0.3 is 0 Å². The van der Waals surface area contributed by atoms with Gasteiger partial charge in [0.05, 0.1) is 12.6 Å². The second-order valence-electron chi connectivity index (χ2n) is 7.94. The molecular weight excluding hydrogens is 352 g/mol. The van der Waals surface area contributed by atoms with Gasteiger partial charge in [-0.05, 0) is 30.0 Å². The van der Waals surface area contributed by atoms with E-state index < -0.39 is 11.6 Å². The molecule has 2 aromatic rings. The molecule has 0 saturated carbocycles. The summed E-state index contributed by atoms with van der Waals surface area (Å²) < 4.78 is 32.2. The van der Waals surface area contributed by atoms with E-state index in [1.165, 1.54) is 12.1 Å². The van der Waals surface area contributed by atoms with Gasteiger partial charge in [-0.1, -0.05) is 25.1 Å². The normalized spacial score (nSPS) is 25.9. The van der Waals surface area contributed by atoms with Crippen molar-refractivity contribution in [3.63, 3.8) is 0 Å². The van der Waals surface area contributed by atoms with Crippen LogP contribution in [0.2, 0.25) is 0 Å². The van der Waals surface area contributed by atoms with Crippen molar-refractivity contribution in [2.24, 2.45) is 11.8 Å². The lowest BCUT2D eigenvalue weighted by Gasteiger charge is -2.35. The number of aromatic nitrogens is 2. The first-order valence-electron chi connectivity index (χ1n) is 9.49. The number of hydrogen-bond donors (Lipinski definition) is 2. The summed E-state index contributed by atoms with van der Waals surface area (Å²) in [6.45, 7) is 6.62. The van der Waals surface area contributed by atoms with E-state index in [1.807, 2.05) is 0 Å². The third-order valence-electron chi connectivity index (χ3n) is 5.36. The van der Waals surface area contributed by atoms with Gasteiger partial charge in [0, 0.05) is 31.5 Å². The highest BCUT2D eigenvalue weighted by Crippen LogP contribution is 2.34. The highest BCUT2D eigenvalue weighted by atomic mass is 19.2. The van der Waals surface area contributed by atoms with Crippen molar-refractivity contribution >= 4 is 0 Å². The Bertz CT molecular complexity index is 796. The maximum absolute atomic E-state index is 13.7. The minimum Gasteiger partial charge on any atom is -0.339 e. The summed E-state index contributed by atoms with van der Waals surface area (Å²) in [6.07, 6.45) is 1.75. The van der Waals surface area contributed by atoms with Crippen molar-refractivity contribution < 1.29 is 13.3 Å². The fraction of sp³-hybridized carbons (Fsp3) is 0.579. The molecule has 2 aliphatic rings. The topological polar surface area (TPSA) is 66.2 Å². The van der Waals surface area contributed by atoms with Crippen LogP contribution < -0.4 is 10.9 Å². The zero-order valence-electron chi connectivity index (χ0n) is 15.6. The van der Waals surface area contributed by atoms with E-state index in [1.54, 1.807) is 6.07 Å². The van der Waals surface area contributed by atoms with E-state index in [4.69, 9.17) is 4.52 Å². The Kier molecular flexibility index (Phi) is 5.21.